The Balaban J connectivity index is 2.09. The minimum atomic E-state index is -0.932. The molecule has 0 saturated carbocycles. The van der Waals surface area contributed by atoms with E-state index in [1.165, 1.54) is 6.07 Å². The molecule has 2 amide bonds. The summed E-state index contributed by atoms with van der Waals surface area (Å²) in [4.78, 5) is 14.1. The van der Waals surface area contributed by atoms with Crippen molar-refractivity contribution in [1.82, 2.24) is 10.2 Å². The number of hydrogen-bond acceptors (Lipinski definition) is 2. The molecule has 2 N–H and O–H groups in total. The predicted octanol–water partition coefficient (Wildman–Crippen LogP) is 2.97. The van der Waals surface area contributed by atoms with Crippen molar-refractivity contribution in [1.29, 1.82) is 0 Å². The molecule has 1 saturated heterocycles. The van der Waals surface area contributed by atoms with E-state index in [1.54, 1.807) is 11.8 Å². The van der Waals surface area contributed by atoms with Gasteiger partial charge in [0.25, 0.3) is 0 Å². The Bertz CT molecular complexity index is 547. The van der Waals surface area contributed by atoms with Crippen molar-refractivity contribution in [2.24, 2.45) is 0 Å². The standard InChI is InChI=1S/C16H22F2N2O2/c1-3-16(10-21)7-4-8-20(16)15(22)19-11(2)12-5-6-13(17)14(18)9-12/h5-6,9,11,21H,3-4,7-8,10H2,1-2H3,(H,19,22)/t11-,16+/m1/s1. The van der Waals surface area contributed by atoms with Crippen LogP contribution in [0.1, 0.15) is 44.7 Å². The fourth-order valence-electron chi connectivity index (χ4n) is 3.03. The molecule has 1 heterocycles. The molecule has 1 fully saturated rings. The fraction of sp³-hybridized carbons (Fsp3) is 0.562. The first-order valence-electron chi connectivity index (χ1n) is 7.57. The Labute approximate surface area is 129 Å². The second-order valence-corrected chi connectivity index (χ2v) is 5.84. The number of nitrogens with one attached hydrogen (secondary N) is 1. The van der Waals surface area contributed by atoms with Gasteiger partial charge in [-0.1, -0.05) is 13.0 Å². The van der Waals surface area contributed by atoms with Crippen LogP contribution in [-0.2, 0) is 0 Å². The molecule has 1 aromatic carbocycles. The number of aliphatic hydroxyl groups is 1. The smallest absolute Gasteiger partial charge is 0.318 e. The molecule has 0 spiro atoms. The summed E-state index contributed by atoms with van der Waals surface area (Å²) < 4.78 is 26.2. The average Bonchev–Trinajstić information content (AvgIpc) is 2.94. The lowest BCUT2D eigenvalue weighted by molar-refractivity contribution is 0.0799. The van der Waals surface area contributed by atoms with Gasteiger partial charge >= 0.3 is 6.03 Å². The molecule has 0 bridgehead atoms. The number of carbonyl (C=O) groups excluding carboxylic acids is 1. The third-order valence-corrected chi connectivity index (χ3v) is 4.58. The van der Waals surface area contributed by atoms with Gasteiger partial charge in [-0.3, -0.25) is 0 Å². The molecule has 1 aliphatic heterocycles. The molecule has 122 valence electrons. The van der Waals surface area contributed by atoms with E-state index in [-0.39, 0.29) is 12.6 Å². The van der Waals surface area contributed by atoms with Crippen LogP contribution in [0.25, 0.3) is 0 Å². The van der Waals surface area contributed by atoms with Crippen LogP contribution in [-0.4, -0.2) is 34.7 Å². The van der Waals surface area contributed by atoms with Crippen molar-refractivity contribution in [3.05, 3.63) is 35.4 Å². The summed E-state index contributed by atoms with van der Waals surface area (Å²) in [6.07, 6.45) is 2.30. The van der Waals surface area contributed by atoms with Crippen LogP contribution in [0.4, 0.5) is 13.6 Å². The van der Waals surface area contributed by atoms with Crippen LogP contribution in [0, 0.1) is 11.6 Å². The summed E-state index contributed by atoms with van der Waals surface area (Å²) in [5.74, 6) is -1.84. The monoisotopic (exact) mass is 312 g/mol. The van der Waals surface area contributed by atoms with Gasteiger partial charge in [0.1, 0.15) is 0 Å². The number of halogens is 2. The number of likely N-dealkylation sites (tertiary alicyclic amines) is 1. The van der Waals surface area contributed by atoms with Crippen LogP contribution in [0.5, 0.6) is 0 Å². The Morgan fingerprint density at radius 3 is 2.77 bits per heavy atom. The van der Waals surface area contributed by atoms with Crippen LogP contribution in [0.3, 0.4) is 0 Å². The van der Waals surface area contributed by atoms with Gasteiger partial charge in [0.15, 0.2) is 11.6 Å². The molecule has 0 radical (unpaired) electrons. The van der Waals surface area contributed by atoms with Crippen molar-refractivity contribution < 1.29 is 18.7 Å². The summed E-state index contributed by atoms with van der Waals surface area (Å²) in [7, 11) is 0. The summed E-state index contributed by atoms with van der Waals surface area (Å²) in [6.45, 7) is 4.18. The Morgan fingerprint density at radius 1 is 1.45 bits per heavy atom. The Hall–Kier alpha value is -1.69. The van der Waals surface area contributed by atoms with Crippen LogP contribution >= 0.6 is 0 Å². The Morgan fingerprint density at radius 2 is 2.18 bits per heavy atom. The summed E-state index contributed by atoms with van der Waals surface area (Å²) in [5.41, 5.74) is -0.0183. The van der Waals surface area contributed by atoms with E-state index in [4.69, 9.17) is 0 Å². The second kappa shape index (κ2) is 6.60. The van der Waals surface area contributed by atoms with Gasteiger partial charge in [-0.25, -0.2) is 13.6 Å². The number of hydrogen-bond donors (Lipinski definition) is 2. The molecule has 0 unspecified atom stereocenters. The zero-order valence-corrected chi connectivity index (χ0v) is 12.9. The highest BCUT2D eigenvalue weighted by Gasteiger charge is 2.41. The number of rotatable bonds is 4. The zero-order chi connectivity index (χ0) is 16.3. The minimum absolute atomic E-state index is 0.0729. The highest BCUT2D eigenvalue weighted by atomic mass is 19.2. The molecule has 2 atom stereocenters. The normalized spacial score (nSPS) is 22.7. The number of amides is 2. The van der Waals surface area contributed by atoms with E-state index in [0.717, 1.165) is 25.0 Å². The van der Waals surface area contributed by atoms with E-state index in [9.17, 15) is 18.7 Å². The van der Waals surface area contributed by atoms with Crippen LogP contribution in [0.2, 0.25) is 0 Å². The van der Waals surface area contributed by atoms with Gasteiger partial charge in [-0.15, -0.1) is 0 Å². The maximum absolute atomic E-state index is 13.3. The zero-order valence-electron chi connectivity index (χ0n) is 12.9. The average molecular weight is 312 g/mol. The van der Waals surface area contributed by atoms with Gasteiger partial charge in [0.05, 0.1) is 18.2 Å². The molecular weight excluding hydrogens is 290 g/mol. The van der Waals surface area contributed by atoms with E-state index >= 15 is 0 Å². The van der Waals surface area contributed by atoms with Crippen molar-refractivity contribution in [2.75, 3.05) is 13.2 Å². The molecule has 6 heteroatoms. The van der Waals surface area contributed by atoms with Crippen LogP contribution in [0.15, 0.2) is 18.2 Å². The number of benzene rings is 1. The number of aliphatic hydroxyl groups excluding tert-OH is 1. The molecule has 1 aromatic rings. The van der Waals surface area contributed by atoms with Gasteiger partial charge in [0.2, 0.25) is 0 Å². The van der Waals surface area contributed by atoms with Gasteiger partial charge in [-0.05, 0) is 43.9 Å². The first kappa shape index (κ1) is 16.7. The third-order valence-electron chi connectivity index (χ3n) is 4.58. The summed E-state index contributed by atoms with van der Waals surface area (Å²) >= 11 is 0. The maximum atomic E-state index is 13.3. The van der Waals surface area contributed by atoms with E-state index < -0.39 is 23.2 Å². The van der Waals surface area contributed by atoms with E-state index in [1.807, 2.05) is 6.92 Å². The van der Waals surface area contributed by atoms with Crippen LogP contribution < -0.4 is 5.32 Å². The highest BCUT2D eigenvalue weighted by Crippen LogP contribution is 2.32. The summed E-state index contributed by atoms with van der Waals surface area (Å²) in [6, 6.07) is 2.85. The lowest BCUT2D eigenvalue weighted by Crippen LogP contribution is -2.53. The fourth-order valence-corrected chi connectivity index (χ4v) is 3.03. The van der Waals surface area contributed by atoms with Crippen molar-refractivity contribution in [3.63, 3.8) is 0 Å². The highest BCUT2D eigenvalue weighted by molar-refractivity contribution is 5.76. The maximum Gasteiger partial charge on any atom is 0.318 e. The lowest BCUT2D eigenvalue weighted by atomic mass is 9.94. The van der Waals surface area contributed by atoms with Crippen molar-refractivity contribution >= 4 is 6.03 Å². The molecule has 0 aromatic heterocycles. The van der Waals surface area contributed by atoms with Gasteiger partial charge in [0, 0.05) is 6.54 Å². The largest absolute Gasteiger partial charge is 0.394 e. The minimum Gasteiger partial charge on any atom is -0.394 e. The van der Waals surface area contributed by atoms with Gasteiger partial charge in [-0.2, -0.15) is 0 Å². The second-order valence-electron chi connectivity index (χ2n) is 5.84. The van der Waals surface area contributed by atoms with Crippen molar-refractivity contribution in [2.45, 2.75) is 44.7 Å². The molecule has 2 rings (SSSR count). The number of carbonyl (C=O) groups is 1. The topological polar surface area (TPSA) is 52.6 Å². The Kier molecular flexibility index (Phi) is 5.01. The number of nitrogens with zero attached hydrogens (tertiary/aromatic N) is 1. The number of urea groups is 1. The van der Waals surface area contributed by atoms with E-state index in [2.05, 4.69) is 5.32 Å². The first-order chi connectivity index (χ1) is 10.4. The van der Waals surface area contributed by atoms with Gasteiger partial charge < -0.3 is 15.3 Å². The predicted molar refractivity (Wildman–Crippen MR) is 79.4 cm³/mol. The lowest BCUT2D eigenvalue weighted by Gasteiger charge is -2.37. The third kappa shape index (κ3) is 3.06. The quantitative estimate of drug-likeness (QED) is 0.898. The van der Waals surface area contributed by atoms with Crippen molar-refractivity contribution in [3.8, 4) is 0 Å². The summed E-state index contributed by atoms with van der Waals surface area (Å²) in [5, 5.41) is 12.4. The SMILES string of the molecule is CC[C@@]1(CO)CCCN1C(=O)N[C@H](C)c1ccc(F)c(F)c1. The molecular formula is C16H22F2N2O2. The molecule has 1 aliphatic rings. The molecule has 4 nitrogen and oxygen atoms in total. The molecule has 22 heavy (non-hydrogen) atoms. The van der Waals surface area contributed by atoms with E-state index in [0.29, 0.717) is 18.5 Å². The first-order valence-corrected chi connectivity index (χ1v) is 7.57. The molecule has 0 aliphatic carbocycles.